The van der Waals surface area contributed by atoms with E-state index in [1.165, 1.54) is 38.5 Å². The average molecular weight is 242 g/mol. The van der Waals surface area contributed by atoms with Crippen LogP contribution in [0.3, 0.4) is 0 Å². The summed E-state index contributed by atoms with van der Waals surface area (Å²) in [6.45, 7) is 14.7. The van der Waals surface area contributed by atoms with Crippen LogP contribution in [0.4, 0.5) is 0 Å². The van der Waals surface area contributed by atoms with E-state index in [2.05, 4.69) is 41.5 Å². The Hall–Kier alpha value is -0.0400. The average Bonchev–Trinajstić information content (AvgIpc) is 2.26. The fraction of sp³-hybridized carbons (Fsp3) is 1.00. The Labute approximate surface area is 109 Å². The molecule has 0 aromatic rings. The van der Waals surface area contributed by atoms with Gasteiger partial charge in [0.2, 0.25) is 0 Å². The van der Waals surface area contributed by atoms with Crippen LogP contribution in [0.5, 0.6) is 0 Å². The zero-order valence-corrected chi connectivity index (χ0v) is 13.0. The topological polar surface area (TPSA) is 9.23 Å². The molecule has 0 aliphatic rings. The zero-order chi connectivity index (χ0) is 13.3. The zero-order valence-electron chi connectivity index (χ0n) is 13.0. The lowest BCUT2D eigenvalue weighted by Crippen LogP contribution is -2.36. The highest BCUT2D eigenvalue weighted by Crippen LogP contribution is 2.33. The summed E-state index contributed by atoms with van der Waals surface area (Å²) < 4.78 is 6.20. The van der Waals surface area contributed by atoms with E-state index in [1.54, 1.807) is 0 Å². The number of ether oxygens (including phenoxy) is 1. The van der Waals surface area contributed by atoms with Crippen LogP contribution in [0.1, 0.15) is 80.1 Å². The molecule has 0 N–H and O–H groups in total. The van der Waals surface area contributed by atoms with Gasteiger partial charge in [0, 0.05) is 6.61 Å². The predicted octanol–water partition coefficient (Wildman–Crippen LogP) is 5.43. The molecule has 0 heterocycles. The van der Waals surface area contributed by atoms with Crippen molar-refractivity contribution in [3.05, 3.63) is 0 Å². The third-order valence-corrected chi connectivity index (χ3v) is 3.53. The van der Waals surface area contributed by atoms with Crippen LogP contribution in [0, 0.1) is 11.3 Å². The van der Waals surface area contributed by atoms with Gasteiger partial charge >= 0.3 is 0 Å². The van der Waals surface area contributed by atoms with E-state index in [0.717, 1.165) is 12.5 Å². The van der Waals surface area contributed by atoms with Crippen LogP contribution >= 0.6 is 0 Å². The Morgan fingerprint density at radius 2 is 1.53 bits per heavy atom. The summed E-state index contributed by atoms with van der Waals surface area (Å²) in [6.07, 6.45) is 8.03. The lowest BCUT2D eigenvalue weighted by Gasteiger charge is -2.37. The summed E-state index contributed by atoms with van der Waals surface area (Å²) in [7, 11) is 0. The fourth-order valence-corrected chi connectivity index (χ4v) is 2.48. The molecule has 0 rings (SSSR count). The van der Waals surface area contributed by atoms with Crippen LogP contribution in [0.25, 0.3) is 0 Å². The Bertz CT molecular complexity index is 169. The summed E-state index contributed by atoms with van der Waals surface area (Å²) in [6, 6.07) is 0. The maximum Gasteiger partial charge on any atom is 0.0651 e. The maximum absolute atomic E-state index is 6.20. The highest BCUT2D eigenvalue weighted by atomic mass is 16.5. The monoisotopic (exact) mass is 242 g/mol. The second-order valence-electron chi connectivity index (χ2n) is 6.32. The SMILES string of the molecule is CCCCOC(C(CC)CCCC)C(C)(C)C. The van der Waals surface area contributed by atoms with Gasteiger partial charge in [-0.05, 0) is 24.2 Å². The minimum Gasteiger partial charge on any atom is -0.377 e. The molecule has 0 bridgehead atoms. The first-order valence-electron chi connectivity index (χ1n) is 7.58. The second kappa shape index (κ2) is 8.97. The van der Waals surface area contributed by atoms with Crippen molar-refractivity contribution in [3.8, 4) is 0 Å². The molecule has 1 nitrogen and oxygen atoms in total. The molecule has 0 spiro atoms. The summed E-state index contributed by atoms with van der Waals surface area (Å²) in [5, 5.41) is 0. The van der Waals surface area contributed by atoms with Gasteiger partial charge in [-0.25, -0.2) is 0 Å². The van der Waals surface area contributed by atoms with Crippen LogP contribution in [0.2, 0.25) is 0 Å². The molecule has 104 valence electrons. The Morgan fingerprint density at radius 3 is 1.94 bits per heavy atom. The molecule has 2 unspecified atom stereocenters. The fourth-order valence-electron chi connectivity index (χ4n) is 2.48. The molecule has 1 heteroatoms. The van der Waals surface area contributed by atoms with Gasteiger partial charge in [0.25, 0.3) is 0 Å². The van der Waals surface area contributed by atoms with Crippen LogP contribution < -0.4 is 0 Å². The molecule has 0 radical (unpaired) electrons. The number of hydrogen-bond donors (Lipinski definition) is 0. The van der Waals surface area contributed by atoms with Crippen LogP contribution in [-0.2, 0) is 4.74 Å². The number of hydrogen-bond acceptors (Lipinski definition) is 1. The van der Waals surface area contributed by atoms with E-state index in [-0.39, 0.29) is 5.41 Å². The molecular weight excluding hydrogens is 208 g/mol. The second-order valence-corrected chi connectivity index (χ2v) is 6.32. The molecule has 0 saturated heterocycles. The van der Waals surface area contributed by atoms with Crippen molar-refractivity contribution in [1.29, 1.82) is 0 Å². The molecule has 0 aliphatic carbocycles. The molecule has 2 atom stereocenters. The molecule has 0 aromatic heterocycles. The molecule has 0 saturated carbocycles. The molecule has 0 fully saturated rings. The Kier molecular flexibility index (Phi) is 8.94. The smallest absolute Gasteiger partial charge is 0.0651 e. The van der Waals surface area contributed by atoms with E-state index in [1.807, 2.05) is 0 Å². The molecule has 0 amide bonds. The molecule has 0 aliphatic heterocycles. The third kappa shape index (κ3) is 7.08. The van der Waals surface area contributed by atoms with Crippen molar-refractivity contribution in [3.63, 3.8) is 0 Å². The summed E-state index contributed by atoms with van der Waals surface area (Å²) in [5.74, 6) is 0.729. The quantitative estimate of drug-likeness (QED) is 0.490. The van der Waals surface area contributed by atoms with Gasteiger partial charge < -0.3 is 4.74 Å². The Balaban J connectivity index is 4.41. The van der Waals surface area contributed by atoms with Crippen molar-refractivity contribution >= 4 is 0 Å². The number of unbranched alkanes of at least 4 members (excludes halogenated alkanes) is 2. The van der Waals surface area contributed by atoms with E-state index in [9.17, 15) is 0 Å². The predicted molar refractivity (Wildman–Crippen MR) is 77.4 cm³/mol. The van der Waals surface area contributed by atoms with Gasteiger partial charge in [-0.15, -0.1) is 0 Å². The first-order chi connectivity index (χ1) is 7.97. The van der Waals surface area contributed by atoms with Crippen molar-refractivity contribution in [1.82, 2.24) is 0 Å². The summed E-state index contributed by atoms with van der Waals surface area (Å²) >= 11 is 0. The summed E-state index contributed by atoms with van der Waals surface area (Å²) in [5.41, 5.74) is 0.266. The maximum atomic E-state index is 6.20. The minimum atomic E-state index is 0.266. The van der Waals surface area contributed by atoms with Gasteiger partial charge in [0.15, 0.2) is 0 Å². The number of rotatable bonds is 9. The van der Waals surface area contributed by atoms with E-state index in [4.69, 9.17) is 4.74 Å². The standard InChI is InChI=1S/C16H34O/c1-7-10-12-14(9-3)15(16(4,5)6)17-13-11-8-2/h14-15H,7-13H2,1-6H3. The normalized spacial score (nSPS) is 15.9. The van der Waals surface area contributed by atoms with Crippen LogP contribution in [0.15, 0.2) is 0 Å². The highest BCUT2D eigenvalue weighted by Gasteiger charge is 2.31. The van der Waals surface area contributed by atoms with E-state index in [0.29, 0.717) is 6.10 Å². The minimum absolute atomic E-state index is 0.266. The first-order valence-corrected chi connectivity index (χ1v) is 7.58. The lowest BCUT2D eigenvalue weighted by atomic mass is 9.78. The van der Waals surface area contributed by atoms with Crippen molar-refractivity contribution in [2.24, 2.45) is 11.3 Å². The Morgan fingerprint density at radius 1 is 0.941 bits per heavy atom. The van der Waals surface area contributed by atoms with Gasteiger partial charge in [0.1, 0.15) is 0 Å². The lowest BCUT2D eigenvalue weighted by molar-refractivity contribution is -0.0596. The van der Waals surface area contributed by atoms with Crippen molar-refractivity contribution in [2.75, 3.05) is 6.61 Å². The molecule has 0 aromatic carbocycles. The van der Waals surface area contributed by atoms with Crippen molar-refractivity contribution < 1.29 is 4.74 Å². The van der Waals surface area contributed by atoms with Gasteiger partial charge in [-0.3, -0.25) is 0 Å². The van der Waals surface area contributed by atoms with Gasteiger partial charge in [0.05, 0.1) is 6.10 Å². The molecular formula is C16H34O. The van der Waals surface area contributed by atoms with Gasteiger partial charge in [-0.1, -0.05) is 67.2 Å². The summed E-state index contributed by atoms with van der Waals surface area (Å²) in [4.78, 5) is 0. The molecule has 17 heavy (non-hydrogen) atoms. The van der Waals surface area contributed by atoms with Gasteiger partial charge in [-0.2, -0.15) is 0 Å². The largest absolute Gasteiger partial charge is 0.377 e. The highest BCUT2D eigenvalue weighted by molar-refractivity contribution is 4.81. The third-order valence-electron chi connectivity index (χ3n) is 3.53. The first kappa shape index (κ1) is 17.0. The van der Waals surface area contributed by atoms with Crippen molar-refractivity contribution in [2.45, 2.75) is 86.2 Å². The van der Waals surface area contributed by atoms with E-state index >= 15 is 0 Å². The van der Waals surface area contributed by atoms with E-state index < -0.39 is 0 Å². The van der Waals surface area contributed by atoms with Crippen LogP contribution in [-0.4, -0.2) is 12.7 Å².